The smallest absolute Gasteiger partial charge is 0.329 e. The average molecular weight is 343 g/mol. The molecule has 2 rings (SSSR count). The Kier molecular flexibility index (Phi) is 3.99. The summed E-state index contributed by atoms with van der Waals surface area (Å²) >= 11 is 3.27. The Morgan fingerprint density at radius 2 is 2.05 bits per heavy atom. The molecule has 0 aromatic heterocycles. The van der Waals surface area contributed by atoms with E-state index >= 15 is 0 Å². The van der Waals surface area contributed by atoms with Crippen molar-refractivity contribution in [2.45, 2.75) is 38.1 Å². The Labute approximate surface area is 124 Å². The van der Waals surface area contributed by atoms with E-state index in [1.54, 1.807) is 13.0 Å². The van der Waals surface area contributed by atoms with Crippen molar-refractivity contribution in [1.29, 1.82) is 0 Å². The molecule has 0 atom stereocenters. The second-order valence-electron chi connectivity index (χ2n) is 5.10. The van der Waals surface area contributed by atoms with Gasteiger partial charge in [-0.2, -0.15) is 0 Å². The summed E-state index contributed by atoms with van der Waals surface area (Å²) in [6, 6.07) is 3.02. The summed E-state index contributed by atoms with van der Waals surface area (Å²) in [4.78, 5) is 21.9. The van der Waals surface area contributed by atoms with Crippen molar-refractivity contribution >= 4 is 33.3 Å². The lowest BCUT2D eigenvalue weighted by atomic mass is 9.97. The largest absolute Gasteiger partial charge is 0.480 e. The molecule has 2 N–H and O–H groups in total. The molecule has 1 aromatic rings. The number of nitrogens with one attached hydrogen (secondary N) is 1. The number of carbonyl (C=O) groups is 1. The fourth-order valence-corrected chi connectivity index (χ4v) is 3.02. The minimum atomic E-state index is -0.967. The molecule has 1 saturated carbocycles. The van der Waals surface area contributed by atoms with Gasteiger partial charge in [-0.3, -0.25) is 10.1 Å². The number of rotatable bonds is 4. The third-order valence-electron chi connectivity index (χ3n) is 3.72. The van der Waals surface area contributed by atoms with Crippen LogP contribution in [0, 0.1) is 17.0 Å². The van der Waals surface area contributed by atoms with Crippen molar-refractivity contribution in [3.8, 4) is 0 Å². The van der Waals surface area contributed by atoms with Crippen molar-refractivity contribution in [2.75, 3.05) is 5.32 Å². The van der Waals surface area contributed by atoms with Crippen LogP contribution in [0.5, 0.6) is 0 Å². The third kappa shape index (κ3) is 2.63. The van der Waals surface area contributed by atoms with Gasteiger partial charge in [-0.25, -0.2) is 4.79 Å². The van der Waals surface area contributed by atoms with Crippen LogP contribution >= 0.6 is 15.9 Å². The molecule has 20 heavy (non-hydrogen) atoms. The number of halogens is 1. The molecule has 0 amide bonds. The van der Waals surface area contributed by atoms with E-state index in [0.717, 1.165) is 12.8 Å². The van der Waals surface area contributed by atoms with Crippen molar-refractivity contribution < 1.29 is 14.8 Å². The Bertz CT molecular complexity index is 568. The van der Waals surface area contributed by atoms with E-state index in [2.05, 4.69) is 21.2 Å². The Hall–Kier alpha value is -1.63. The summed E-state index contributed by atoms with van der Waals surface area (Å²) in [7, 11) is 0. The second kappa shape index (κ2) is 5.40. The molecule has 0 aliphatic heterocycles. The minimum Gasteiger partial charge on any atom is -0.480 e. The molecule has 0 radical (unpaired) electrons. The number of nitrogens with zero attached hydrogens (tertiary/aromatic N) is 1. The number of nitro benzene ring substituents is 1. The molecule has 1 aliphatic rings. The first-order valence-corrected chi connectivity index (χ1v) is 7.11. The van der Waals surface area contributed by atoms with Crippen LogP contribution < -0.4 is 5.32 Å². The van der Waals surface area contributed by atoms with Gasteiger partial charge < -0.3 is 10.4 Å². The zero-order valence-electron chi connectivity index (χ0n) is 11.0. The molecule has 1 fully saturated rings. The molecular formula is C13H15BrN2O4. The first-order valence-electron chi connectivity index (χ1n) is 6.32. The van der Waals surface area contributed by atoms with Gasteiger partial charge in [-0.1, -0.05) is 12.8 Å². The van der Waals surface area contributed by atoms with Crippen LogP contribution in [0.4, 0.5) is 11.4 Å². The van der Waals surface area contributed by atoms with E-state index in [9.17, 15) is 20.0 Å². The van der Waals surface area contributed by atoms with E-state index in [1.807, 2.05) is 0 Å². The monoisotopic (exact) mass is 342 g/mol. The maximum absolute atomic E-state index is 11.5. The summed E-state index contributed by atoms with van der Waals surface area (Å²) < 4.78 is 0.502. The summed E-state index contributed by atoms with van der Waals surface area (Å²) in [5.74, 6) is -0.877. The molecular weight excluding hydrogens is 328 g/mol. The maximum Gasteiger partial charge on any atom is 0.329 e. The van der Waals surface area contributed by atoms with Crippen molar-refractivity contribution in [1.82, 2.24) is 0 Å². The number of nitro groups is 1. The van der Waals surface area contributed by atoms with Gasteiger partial charge in [0.2, 0.25) is 0 Å². The number of anilines is 1. The lowest BCUT2D eigenvalue weighted by Gasteiger charge is -2.27. The van der Waals surface area contributed by atoms with Gasteiger partial charge >= 0.3 is 5.97 Å². The molecule has 0 spiro atoms. The third-order valence-corrected chi connectivity index (χ3v) is 4.38. The molecule has 108 valence electrons. The average Bonchev–Trinajstić information content (AvgIpc) is 2.83. The van der Waals surface area contributed by atoms with Gasteiger partial charge in [0.1, 0.15) is 5.54 Å². The zero-order chi connectivity index (χ0) is 14.9. The highest BCUT2D eigenvalue weighted by Crippen LogP contribution is 2.37. The van der Waals surface area contributed by atoms with E-state index in [4.69, 9.17) is 0 Å². The number of hydrogen-bond donors (Lipinski definition) is 2. The summed E-state index contributed by atoms with van der Waals surface area (Å²) in [5, 5.41) is 23.4. The van der Waals surface area contributed by atoms with Gasteiger partial charge in [0.05, 0.1) is 10.6 Å². The van der Waals surface area contributed by atoms with Crippen molar-refractivity contribution in [3.05, 3.63) is 32.3 Å². The maximum atomic E-state index is 11.5. The van der Waals surface area contributed by atoms with E-state index in [0.29, 0.717) is 28.6 Å². The molecule has 0 unspecified atom stereocenters. The van der Waals surface area contributed by atoms with Gasteiger partial charge in [-0.15, -0.1) is 0 Å². The summed E-state index contributed by atoms with van der Waals surface area (Å²) in [6.07, 6.45) is 2.85. The minimum absolute atomic E-state index is 0.0122. The lowest BCUT2D eigenvalue weighted by Crippen LogP contribution is -2.43. The Morgan fingerprint density at radius 3 is 2.55 bits per heavy atom. The number of benzene rings is 1. The van der Waals surface area contributed by atoms with Crippen molar-refractivity contribution in [3.63, 3.8) is 0 Å². The number of aliphatic carboxylic acids is 1. The first kappa shape index (κ1) is 14.8. The topological polar surface area (TPSA) is 92.5 Å². The Morgan fingerprint density at radius 1 is 1.45 bits per heavy atom. The van der Waals surface area contributed by atoms with E-state index < -0.39 is 16.4 Å². The predicted molar refractivity (Wildman–Crippen MR) is 78.0 cm³/mol. The highest BCUT2D eigenvalue weighted by Gasteiger charge is 2.41. The van der Waals surface area contributed by atoms with Crippen LogP contribution in [-0.4, -0.2) is 21.5 Å². The molecule has 1 aliphatic carbocycles. The highest BCUT2D eigenvalue weighted by atomic mass is 79.9. The van der Waals surface area contributed by atoms with Crippen LogP contribution in [0.1, 0.15) is 31.2 Å². The molecule has 7 heteroatoms. The SMILES string of the molecule is Cc1cc(NC2(C(=O)O)CCCC2)c(Br)cc1[N+](=O)[O-]. The molecule has 0 heterocycles. The van der Waals surface area contributed by atoms with Crippen LogP contribution in [0.25, 0.3) is 0 Å². The number of hydrogen-bond acceptors (Lipinski definition) is 4. The van der Waals surface area contributed by atoms with Crippen molar-refractivity contribution in [2.24, 2.45) is 0 Å². The van der Waals surface area contributed by atoms with Crippen LogP contribution in [0.2, 0.25) is 0 Å². The first-order chi connectivity index (χ1) is 9.35. The fourth-order valence-electron chi connectivity index (χ4n) is 2.59. The van der Waals surface area contributed by atoms with Gasteiger partial charge in [0, 0.05) is 16.1 Å². The fraction of sp³-hybridized carbons (Fsp3) is 0.462. The summed E-state index contributed by atoms with van der Waals surface area (Å²) in [6.45, 7) is 1.64. The molecule has 0 bridgehead atoms. The van der Waals surface area contributed by atoms with Crippen LogP contribution in [0.15, 0.2) is 16.6 Å². The zero-order valence-corrected chi connectivity index (χ0v) is 12.6. The normalized spacial score (nSPS) is 16.9. The predicted octanol–water partition coefficient (Wildman–Crippen LogP) is 3.48. The number of carboxylic acid groups (broad SMARTS) is 1. The molecule has 0 saturated heterocycles. The second-order valence-corrected chi connectivity index (χ2v) is 5.95. The standard InChI is InChI=1S/C13H15BrN2O4/c1-8-6-10(9(14)7-11(8)16(19)20)15-13(12(17)18)4-2-3-5-13/h6-7,15H,2-5H2,1H3,(H,17,18). The van der Waals surface area contributed by atoms with Gasteiger partial charge in [0.15, 0.2) is 0 Å². The Balaban J connectivity index is 2.36. The summed E-state index contributed by atoms with van der Waals surface area (Å²) in [5.41, 5.74) is 0.125. The molecule has 6 nitrogen and oxygen atoms in total. The van der Waals surface area contributed by atoms with E-state index in [1.165, 1.54) is 6.07 Å². The number of aryl methyl sites for hydroxylation is 1. The van der Waals surface area contributed by atoms with Crippen LogP contribution in [0.3, 0.4) is 0 Å². The van der Waals surface area contributed by atoms with Gasteiger partial charge in [-0.05, 0) is 41.8 Å². The highest BCUT2D eigenvalue weighted by molar-refractivity contribution is 9.10. The lowest BCUT2D eigenvalue weighted by molar-refractivity contribution is -0.385. The van der Waals surface area contributed by atoms with Gasteiger partial charge in [0.25, 0.3) is 5.69 Å². The quantitative estimate of drug-likeness (QED) is 0.645. The molecule has 1 aromatic carbocycles. The number of carboxylic acids is 1. The van der Waals surface area contributed by atoms with E-state index in [-0.39, 0.29) is 5.69 Å². The van der Waals surface area contributed by atoms with Crippen LogP contribution in [-0.2, 0) is 4.79 Å².